The van der Waals surface area contributed by atoms with Crippen molar-refractivity contribution in [2.75, 3.05) is 13.6 Å². The summed E-state index contributed by atoms with van der Waals surface area (Å²) in [7, 11) is 2.00. The van der Waals surface area contributed by atoms with Crippen LogP contribution in [0.15, 0.2) is 24.3 Å². The zero-order valence-corrected chi connectivity index (χ0v) is 9.64. The molecule has 78 valence electrons. The SMILES string of the molecule is CCC(CNC)Cc1ccc(Cl)cc1. The molecule has 0 aromatic heterocycles. The number of rotatable bonds is 5. The van der Waals surface area contributed by atoms with Gasteiger partial charge >= 0.3 is 0 Å². The lowest BCUT2D eigenvalue weighted by Gasteiger charge is -2.13. The van der Waals surface area contributed by atoms with Crippen molar-refractivity contribution in [2.45, 2.75) is 19.8 Å². The fraction of sp³-hybridized carbons (Fsp3) is 0.500. The van der Waals surface area contributed by atoms with Gasteiger partial charge in [-0.05, 0) is 43.6 Å². The second-order valence-corrected chi connectivity index (χ2v) is 4.10. The van der Waals surface area contributed by atoms with Crippen LogP contribution in [0.25, 0.3) is 0 Å². The van der Waals surface area contributed by atoms with Gasteiger partial charge in [-0.1, -0.05) is 37.1 Å². The summed E-state index contributed by atoms with van der Waals surface area (Å²) in [6.45, 7) is 3.32. The maximum atomic E-state index is 5.83. The first-order valence-corrected chi connectivity index (χ1v) is 5.53. The molecule has 1 unspecified atom stereocenters. The van der Waals surface area contributed by atoms with E-state index in [1.807, 2.05) is 19.2 Å². The first-order chi connectivity index (χ1) is 6.76. The van der Waals surface area contributed by atoms with Crippen LogP contribution < -0.4 is 5.32 Å². The molecule has 0 amide bonds. The molecule has 0 saturated carbocycles. The highest BCUT2D eigenvalue weighted by atomic mass is 35.5. The van der Waals surface area contributed by atoms with E-state index >= 15 is 0 Å². The summed E-state index contributed by atoms with van der Waals surface area (Å²) in [6, 6.07) is 8.15. The Labute approximate surface area is 91.5 Å². The Balaban J connectivity index is 2.53. The summed E-state index contributed by atoms with van der Waals surface area (Å²) in [5.41, 5.74) is 1.37. The van der Waals surface area contributed by atoms with Crippen molar-refractivity contribution in [3.05, 3.63) is 34.9 Å². The van der Waals surface area contributed by atoms with E-state index in [0.29, 0.717) is 0 Å². The quantitative estimate of drug-likeness (QED) is 0.789. The minimum atomic E-state index is 0.723. The highest BCUT2D eigenvalue weighted by molar-refractivity contribution is 6.30. The third-order valence-electron chi connectivity index (χ3n) is 2.51. The van der Waals surface area contributed by atoms with Gasteiger partial charge in [0, 0.05) is 5.02 Å². The van der Waals surface area contributed by atoms with E-state index in [1.165, 1.54) is 12.0 Å². The van der Waals surface area contributed by atoms with Crippen molar-refractivity contribution in [3.8, 4) is 0 Å². The van der Waals surface area contributed by atoms with E-state index in [2.05, 4.69) is 24.4 Å². The predicted octanol–water partition coefficient (Wildman–Crippen LogP) is 3.13. The second kappa shape index (κ2) is 6.05. The minimum absolute atomic E-state index is 0.723. The van der Waals surface area contributed by atoms with Crippen LogP contribution in [0.2, 0.25) is 5.02 Å². The van der Waals surface area contributed by atoms with Gasteiger partial charge in [0.15, 0.2) is 0 Å². The number of nitrogens with one attached hydrogen (secondary N) is 1. The Hall–Kier alpha value is -0.530. The number of hydrogen-bond acceptors (Lipinski definition) is 1. The maximum Gasteiger partial charge on any atom is 0.0406 e. The molecule has 1 nitrogen and oxygen atoms in total. The average Bonchev–Trinajstić information content (AvgIpc) is 2.20. The molecule has 2 heteroatoms. The van der Waals surface area contributed by atoms with E-state index in [0.717, 1.165) is 23.9 Å². The van der Waals surface area contributed by atoms with E-state index in [-0.39, 0.29) is 0 Å². The molecular weight excluding hydrogens is 194 g/mol. The lowest BCUT2D eigenvalue weighted by Crippen LogP contribution is -2.20. The van der Waals surface area contributed by atoms with E-state index in [4.69, 9.17) is 11.6 Å². The first kappa shape index (κ1) is 11.5. The van der Waals surface area contributed by atoms with Gasteiger partial charge in [-0.25, -0.2) is 0 Å². The third kappa shape index (κ3) is 3.69. The van der Waals surface area contributed by atoms with Crippen LogP contribution in [0, 0.1) is 5.92 Å². The molecule has 1 N–H and O–H groups in total. The summed E-state index contributed by atoms with van der Waals surface area (Å²) in [6.07, 6.45) is 2.35. The Morgan fingerprint density at radius 3 is 2.43 bits per heavy atom. The molecule has 0 bridgehead atoms. The molecule has 1 aromatic rings. The van der Waals surface area contributed by atoms with E-state index in [1.54, 1.807) is 0 Å². The van der Waals surface area contributed by atoms with E-state index < -0.39 is 0 Å². The predicted molar refractivity (Wildman–Crippen MR) is 62.9 cm³/mol. The van der Waals surface area contributed by atoms with Crippen LogP contribution in [0.3, 0.4) is 0 Å². The highest BCUT2D eigenvalue weighted by Crippen LogP contribution is 2.14. The van der Waals surface area contributed by atoms with Crippen molar-refractivity contribution in [1.29, 1.82) is 0 Å². The summed E-state index contributed by atoms with van der Waals surface area (Å²) >= 11 is 5.83. The van der Waals surface area contributed by atoms with Gasteiger partial charge in [0.1, 0.15) is 0 Å². The van der Waals surface area contributed by atoms with Crippen molar-refractivity contribution in [2.24, 2.45) is 5.92 Å². The zero-order chi connectivity index (χ0) is 10.4. The average molecular weight is 212 g/mol. The maximum absolute atomic E-state index is 5.83. The van der Waals surface area contributed by atoms with Gasteiger partial charge < -0.3 is 5.32 Å². The number of benzene rings is 1. The molecule has 0 aliphatic carbocycles. The highest BCUT2D eigenvalue weighted by Gasteiger charge is 2.05. The van der Waals surface area contributed by atoms with Crippen LogP contribution in [-0.4, -0.2) is 13.6 Å². The normalized spacial score (nSPS) is 12.8. The fourth-order valence-corrected chi connectivity index (χ4v) is 1.73. The zero-order valence-electron chi connectivity index (χ0n) is 8.89. The minimum Gasteiger partial charge on any atom is -0.319 e. The Morgan fingerprint density at radius 1 is 1.29 bits per heavy atom. The van der Waals surface area contributed by atoms with Crippen molar-refractivity contribution in [1.82, 2.24) is 5.32 Å². The molecule has 14 heavy (non-hydrogen) atoms. The van der Waals surface area contributed by atoms with Crippen molar-refractivity contribution in [3.63, 3.8) is 0 Å². The largest absolute Gasteiger partial charge is 0.319 e. The second-order valence-electron chi connectivity index (χ2n) is 3.66. The molecule has 0 aliphatic heterocycles. The molecule has 0 radical (unpaired) electrons. The van der Waals surface area contributed by atoms with Crippen LogP contribution >= 0.6 is 11.6 Å². The van der Waals surface area contributed by atoms with Gasteiger partial charge in [0.25, 0.3) is 0 Å². The van der Waals surface area contributed by atoms with Crippen LogP contribution in [-0.2, 0) is 6.42 Å². The van der Waals surface area contributed by atoms with Gasteiger partial charge in [0.2, 0.25) is 0 Å². The summed E-state index contributed by atoms with van der Waals surface area (Å²) < 4.78 is 0. The third-order valence-corrected chi connectivity index (χ3v) is 2.76. The Morgan fingerprint density at radius 2 is 1.93 bits per heavy atom. The Bertz CT molecular complexity index is 256. The topological polar surface area (TPSA) is 12.0 Å². The molecule has 1 rings (SSSR count). The molecule has 1 atom stereocenters. The molecule has 0 aliphatic rings. The molecule has 0 fully saturated rings. The molecular formula is C12H18ClN. The van der Waals surface area contributed by atoms with Crippen LogP contribution in [0.5, 0.6) is 0 Å². The standard InChI is InChI=1S/C12H18ClN/c1-3-10(9-14-2)8-11-4-6-12(13)7-5-11/h4-7,10,14H,3,8-9H2,1-2H3. The van der Waals surface area contributed by atoms with Crippen molar-refractivity contribution >= 4 is 11.6 Å². The smallest absolute Gasteiger partial charge is 0.0406 e. The first-order valence-electron chi connectivity index (χ1n) is 5.15. The van der Waals surface area contributed by atoms with Gasteiger partial charge in [0.05, 0.1) is 0 Å². The summed E-state index contributed by atoms with van der Waals surface area (Å²) in [5, 5.41) is 4.04. The summed E-state index contributed by atoms with van der Waals surface area (Å²) in [4.78, 5) is 0. The van der Waals surface area contributed by atoms with Crippen LogP contribution in [0.4, 0.5) is 0 Å². The molecule has 0 spiro atoms. The van der Waals surface area contributed by atoms with Crippen LogP contribution in [0.1, 0.15) is 18.9 Å². The molecule has 0 saturated heterocycles. The van der Waals surface area contributed by atoms with Gasteiger partial charge in [-0.2, -0.15) is 0 Å². The number of hydrogen-bond donors (Lipinski definition) is 1. The number of halogens is 1. The van der Waals surface area contributed by atoms with Gasteiger partial charge in [-0.15, -0.1) is 0 Å². The van der Waals surface area contributed by atoms with E-state index in [9.17, 15) is 0 Å². The fourth-order valence-electron chi connectivity index (χ4n) is 1.60. The molecule has 1 aromatic carbocycles. The summed E-state index contributed by atoms with van der Waals surface area (Å²) in [5.74, 6) is 0.723. The molecule has 0 heterocycles. The van der Waals surface area contributed by atoms with Gasteiger partial charge in [-0.3, -0.25) is 0 Å². The lowest BCUT2D eigenvalue weighted by atomic mass is 9.97. The lowest BCUT2D eigenvalue weighted by molar-refractivity contribution is 0.481. The van der Waals surface area contributed by atoms with Crippen molar-refractivity contribution < 1.29 is 0 Å². The Kier molecular flexibility index (Phi) is 4.99. The monoisotopic (exact) mass is 211 g/mol.